The first-order valence-corrected chi connectivity index (χ1v) is 8.91. The van der Waals surface area contributed by atoms with Gasteiger partial charge in [-0.15, -0.1) is 0 Å². The number of hydrogen-bond donors (Lipinski definition) is 0. The summed E-state index contributed by atoms with van der Waals surface area (Å²) >= 11 is 0. The van der Waals surface area contributed by atoms with Gasteiger partial charge in [0.25, 0.3) is 11.5 Å². The van der Waals surface area contributed by atoms with E-state index in [2.05, 4.69) is 0 Å². The molecule has 156 valence electrons. The topological polar surface area (TPSA) is 114 Å². The van der Waals surface area contributed by atoms with Crippen LogP contribution in [0.1, 0.15) is 25.0 Å². The number of ether oxygens (including phenoxy) is 4. The van der Waals surface area contributed by atoms with Gasteiger partial charge >= 0.3 is 11.9 Å². The Balaban J connectivity index is 1.81. The van der Waals surface area contributed by atoms with E-state index in [1.165, 1.54) is 51.3 Å². The van der Waals surface area contributed by atoms with E-state index in [0.717, 1.165) is 0 Å². The van der Waals surface area contributed by atoms with Crippen molar-refractivity contribution < 1.29 is 33.5 Å². The second kappa shape index (κ2) is 8.24. The average molecular weight is 413 g/mol. The van der Waals surface area contributed by atoms with Gasteiger partial charge in [-0.2, -0.15) is 0 Å². The van der Waals surface area contributed by atoms with Crippen LogP contribution in [0.2, 0.25) is 0 Å². The average Bonchev–Trinajstić information content (AvgIpc) is 2.69. The number of carbonyl (C=O) groups excluding carboxylic acids is 2. The number of carbonyl (C=O) groups is 2. The van der Waals surface area contributed by atoms with E-state index >= 15 is 0 Å². The van der Waals surface area contributed by atoms with Gasteiger partial charge in [-0.3, -0.25) is 10.1 Å². The molecule has 0 saturated carbocycles. The summed E-state index contributed by atoms with van der Waals surface area (Å²) in [5.41, 5.74) is 0.925. The lowest BCUT2D eigenvalue weighted by Crippen LogP contribution is -2.41. The maximum Gasteiger partial charge on any atom is 0.348 e. The van der Waals surface area contributed by atoms with Gasteiger partial charge in [0.15, 0.2) is 0 Å². The summed E-state index contributed by atoms with van der Waals surface area (Å²) in [5, 5.41) is 10.7. The zero-order valence-corrected chi connectivity index (χ0v) is 16.5. The van der Waals surface area contributed by atoms with Crippen molar-refractivity contribution in [1.82, 2.24) is 0 Å². The highest BCUT2D eigenvalue weighted by Crippen LogP contribution is 2.27. The van der Waals surface area contributed by atoms with E-state index in [4.69, 9.17) is 18.9 Å². The molecule has 0 spiro atoms. The highest BCUT2D eigenvalue weighted by molar-refractivity contribution is 6.18. The number of hydrogen-bond acceptors (Lipinski definition) is 8. The molecule has 0 N–H and O–H groups in total. The van der Waals surface area contributed by atoms with Crippen LogP contribution in [0.25, 0.3) is 6.08 Å². The number of rotatable bonds is 6. The third-order valence-corrected chi connectivity index (χ3v) is 4.17. The first-order valence-electron chi connectivity index (χ1n) is 8.91. The molecule has 3 rings (SSSR count). The van der Waals surface area contributed by atoms with Crippen LogP contribution >= 0.6 is 0 Å². The zero-order valence-electron chi connectivity index (χ0n) is 16.5. The maximum absolute atomic E-state index is 12.1. The largest absolute Gasteiger partial charge is 0.496 e. The van der Waals surface area contributed by atoms with Crippen molar-refractivity contribution in [3.8, 4) is 11.5 Å². The van der Waals surface area contributed by atoms with Crippen LogP contribution in [0.15, 0.2) is 48.0 Å². The van der Waals surface area contributed by atoms with Gasteiger partial charge in [-0.05, 0) is 35.9 Å². The first-order chi connectivity index (χ1) is 14.2. The van der Waals surface area contributed by atoms with Crippen molar-refractivity contribution in [1.29, 1.82) is 0 Å². The van der Waals surface area contributed by atoms with E-state index in [9.17, 15) is 19.7 Å². The molecule has 30 heavy (non-hydrogen) atoms. The standard InChI is InChI=1S/C21H19NO8/c1-21(2)29-19(23)17(20(24)30-21)11-13-4-9-18(27-3)14(10-13)12-28-16-7-5-15(6-8-16)22(25)26/h4-11H,12H2,1-3H3. The molecule has 0 radical (unpaired) electrons. The van der Waals surface area contributed by atoms with Gasteiger partial charge in [0, 0.05) is 31.5 Å². The molecule has 9 nitrogen and oxygen atoms in total. The Morgan fingerprint density at radius 3 is 2.27 bits per heavy atom. The van der Waals surface area contributed by atoms with Crippen molar-refractivity contribution in [3.05, 3.63) is 69.3 Å². The fraction of sp³-hybridized carbons (Fsp3) is 0.238. The van der Waals surface area contributed by atoms with Crippen molar-refractivity contribution in [2.24, 2.45) is 0 Å². The molecule has 0 unspecified atom stereocenters. The third kappa shape index (κ3) is 4.75. The smallest absolute Gasteiger partial charge is 0.348 e. The van der Waals surface area contributed by atoms with Crippen LogP contribution in [0.4, 0.5) is 5.69 Å². The van der Waals surface area contributed by atoms with Crippen molar-refractivity contribution in [2.75, 3.05) is 7.11 Å². The molecule has 1 saturated heterocycles. The van der Waals surface area contributed by atoms with Crippen LogP contribution < -0.4 is 9.47 Å². The molecule has 1 heterocycles. The number of non-ortho nitro benzene ring substituents is 1. The molecule has 0 aromatic heterocycles. The van der Waals surface area contributed by atoms with Crippen LogP contribution in [0, 0.1) is 10.1 Å². The summed E-state index contributed by atoms with van der Waals surface area (Å²) in [6.45, 7) is 3.04. The molecular weight excluding hydrogens is 394 g/mol. The molecule has 1 fully saturated rings. The molecule has 0 aliphatic carbocycles. The Bertz CT molecular complexity index is 1000. The monoisotopic (exact) mass is 413 g/mol. The Morgan fingerprint density at radius 1 is 1.07 bits per heavy atom. The number of nitro benzene ring substituents is 1. The van der Waals surface area contributed by atoms with Gasteiger partial charge in [0.2, 0.25) is 0 Å². The minimum atomic E-state index is -1.31. The summed E-state index contributed by atoms with van der Waals surface area (Å²) in [4.78, 5) is 34.5. The van der Waals surface area contributed by atoms with Crippen LogP contribution in [-0.4, -0.2) is 29.8 Å². The molecule has 2 aromatic carbocycles. The van der Waals surface area contributed by atoms with E-state index < -0.39 is 22.6 Å². The Kier molecular flexibility index (Phi) is 5.72. The van der Waals surface area contributed by atoms with Gasteiger partial charge in [0.05, 0.1) is 12.0 Å². The third-order valence-electron chi connectivity index (χ3n) is 4.17. The zero-order chi connectivity index (χ0) is 21.9. The summed E-state index contributed by atoms with van der Waals surface area (Å²) in [6.07, 6.45) is 1.37. The molecule has 0 amide bonds. The highest BCUT2D eigenvalue weighted by Gasteiger charge is 2.38. The van der Waals surface area contributed by atoms with E-state index in [0.29, 0.717) is 22.6 Å². The normalized spacial score (nSPS) is 15.1. The van der Waals surface area contributed by atoms with Crippen LogP contribution in [0.3, 0.4) is 0 Å². The lowest BCUT2D eigenvalue weighted by molar-refractivity contribution is -0.384. The molecule has 0 atom stereocenters. The second-order valence-corrected chi connectivity index (χ2v) is 6.85. The molecular formula is C21H19NO8. The fourth-order valence-electron chi connectivity index (χ4n) is 2.77. The SMILES string of the molecule is COc1ccc(C=C2C(=O)OC(C)(C)OC2=O)cc1COc1ccc([N+](=O)[O-])cc1. The predicted molar refractivity (Wildman–Crippen MR) is 105 cm³/mol. The number of nitro groups is 1. The minimum absolute atomic E-state index is 0.0389. The lowest BCUT2D eigenvalue weighted by atomic mass is 10.1. The number of methoxy groups -OCH3 is 1. The summed E-state index contributed by atoms with van der Waals surface area (Å²) < 4.78 is 21.2. The highest BCUT2D eigenvalue weighted by atomic mass is 16.7. The number of benzene rings is 2. The maximum atomic E-state index is 12.1. The number of esters is 2. The predicted octanol–water partition coefficient (Wildman–Crippen LogP) is 3.40. The second-order valence-electron chi connectivity index (χ2n) is 6.85. The molecule has 0 bridgehead atoms. The molecule has 9 heteroatoms. The quantitative estimate of drug-likeness (QED) is 0.233. The molecule has 1 aliphatic heterocycles. The van der Waals surface area contributed by atoms with Crippen LogP contribution in [-0.2, 0) is 25.7 Å². The molecule has 2 aromatic rings. The first kappa shape index (κ1) is 20.8. The van der Waals surface area contributed by atoms with Gasteiger partial charge in [-0.1, -0.05) is 6.07 Å². The van der Waals surface area contributed by atoms with E-state index in [-0.39, 0.29) is 17.9 Å². The number of nitrogens with zero attached hydrogens (tertiary/aromatic N) is 1. The number of cyclic esters (lactones) is 2. The lowest BCUT2D eigenvalue weighted by Gasteiger charge is -2.29. The van der Waals surface area contributed by atoms with Gasteiger partial charge < -0.3 is 18.9 Å². The van der Waals surface area contributed by atoms with Gasteiger partial charge in [0.1, 0.15) is 23.7 Å². The molecule has 1 aliphatic rings. The Morgan fingerprint density at radius 2 is 1.70 bits per heavy atom. The Hall–Kier alpha value is -3.88. The van der Waals surface area contributed by atoms with E-state index in [1.807, 2.05) is 0 Å². The minimum Gasteiger partial charge on any atom is -0.496 e. The summed E-state index contributed by atoms with van der Waals surface area (Å²) in [5.74, 6) is -1.87. The summed E-state index contributed by atoms with van der Waals surface area (Å²) in [7, 11) is 1.50. The summed E-state index contributed by atoms with van der Waals surface area (Å²) in [6, 6.07) is 10.7. The van der Waals surface area contributed by atoms with Crippen molar-refractivity contribution in [2.45, 2.75) is 26.2 Å². The van der Waals surface area contributed by atoms with Gasteiger partial charge in [-0.25, -0.2) is 9.59 Å². The Labute approximate surface area is 172 Å². The van der Waals surface area contributed by atoms with Crippen molar-refractivity contribution in [3.63, 3.8) is 0 Å². The fourth-order valence-corrected chi connectivity index (χ4v) is 2.77. The van der Waals surface area contributed by atoms with Crippen molar-refractivity contribution >= 4 is 23.7 Å². The van der Waals surface area contributed by atoms with E-state index in [1.54, 1.807) is 18.2 Å². The van der Waals surface area contributed by atoms with Crippen LogP contribution in [0.5, 0.6) is 11.5 Å².